The molecule has 1 aromatic rings. The van der Waals surface area contributed by atoms with E-state index < -0.39 is 5.97 Å². The Hall–Kier alpha value is -1.56. The maximum Gasteiger partial charge on any atom is 0.321 e. The molecule has 6 heteroatoms. The predicted octanol–water partition coefficient (Wildman–Crippen LogP) is 3.17. The Labute approximate surface area is 126 Å². The van der Waals surface area contributed by atoms with Gasteiger partial charge in [0.25, 0.3) is 0 Å². The monoisotopic (exact) mass is 340 g/mol. The van der Waals surface area contributed by atoms with Crippen LogP contribution in [-0.4, -0.2) is 35.1 Å². The number of anilines is 1. The van der Waals surface area contributed by atoms with Crippen LogP contribution in [-0.2, 0) is 4.79 Å². The van der Waals surface area contributed by atoms with Gasteiger partial charge in [0.1, 0.15) is 0 Å². The number of rotatable bonds is 4. The summed E-state index contributed by atoms with van der Waals surface area (Å²) >= 11 is 3.36. The van der Waals surface area contributed by atoms with Crippen molar-refractivity contribution in [3.8, 4) is 0 Å². The summed E-state index contributed by atoms with van der Waals surface area (Å²) in [4.78, 5) is 24.4. The Morgan fingerprint density at radius 3 is 2.95 bits per heavy atom. The molecule has 2 rings (SSSR count). The lowest BCUT2D eigenvalue weighted by molar-refractivity contribution is -0.137. The second-order valence-corrected chi connectivity index (χ2v) is 5.89. The van der Waals surface area contributed by atoms with Crippen LogP contribution >= 0.6 is 15.9 Å². The van der Waals surface area contributed by atoms with E-state index in [9.17, 15) is 9.59 Å². The number of carbonyl (C=O) groups is 2. The number of amides is 2. The number of halogens is 1. The summed E-state index contributed by atoms with van der Waals surface area (Å²) in [6.07, 6.45) is 1.68. The first-order chi connectivity index (χ1) is 9.54. The number of likely N-dealkylation sites (tertiary alicyclic amines) is 1. The second kappa shape index (κ2) is 6.74. The van der Waals surface area contributed by atoms with Crippen molar-refractivity contribution in [2.24, 2.45) is 5.92 Å². The van der Waals surface area contributed by atoms with E-state index in [1.54, 1.807) is 4.90 Å². The average molecular weight is 341 g/mol. The zero-order chi connectivity index (χ0) is 14.5. The number of carboxylic acid groups (broad SMARTS) is 1. The number of carbonyl (C=O) groups excluding carboxylic acids is 1. The first-order valence-corrected chi connectivity index (χ1v) is 7.37. The van der Waals surface area contributed by atoms with Crippen LogP contribution in [0, 0.1) is 5.92 Å². The van der Waals surface area contributed by atoms with Crippen LogP contribution in [0.4, 0.5) is 10.5 Å². The van der Waals surface area contributed by atoms with E-state index in [2.05, 4.69) is 21.2 Å². The predicted molar refractivity (Wildman–Crippen MR) is 79.7 cm³/mol. The number of hydrogen-bond acceptors (Lipinski definition) is 2. The molecule has 1 unspecified atom stereocenters. The molecule has 1 aliphatic rings. The quantitative estimate of drug-likeness (QED) is 0.884. The standard InChI is InChI=1S/C14H17BrN2O3/c15-11-2-1-3-12(8-11)16-14(20)17-7-6-10(9-17)4-5-13(18)19/h1-3,8,10H,4-7,9H2,(H,16,20)(H,18,19). The number of urea groups is 1. The van der Waals surface area contributed by atoms with Gasteiger partial charge in [0.05, 0.1) is 0 Å². The molecule has 1 heterocycles. The van der Waals surface area contributed by atoms with Crippen LogP contribution in [0.5, 0.6) is 0 Å². The highest BCUT2D eigenvalue weighted by Crippen LogP contribution is 2.22. The minimum atomic E-state index is -0.776. The number of hydrogen-bond donors (Lipinski definition) is 2. The van der Waals surface area contributed by atoms with E-state index in [0.29, 0.717) is 25.4 Å². The molecule has 0 aliphatic carbocycles. The lowest BCUT2D eigenvalue weighted by Crippen LogP contribution is -2.33. The molecule has 1 fully saturated rings. The summed E-state index contributed by atoms with van der Waals surface area (Å²) < 4.78 is 0.913. The van der Waals surface area contributed by atoms with Gasteiger partial charge in [-0.25, -0.2) is 4.79 Å². The summed E-state index contributed by atoms with van der Waals surface area (Å²) in [6.45, 7) is 1.32. The summed E-state index contributed by atoms with van der Waals surface area (Å²) in [5.74, 6) is -0.485. The molecule has 0 radical (unpaired) electrons. The van der Waals surface area contributed by atoms with E-state index in [1.165, 1.54) is 0 Å². The lowest BCUT2D eigenvalue weighted by Gasteiger charge is -2.17. The van der Waals surface area contributed by atoms with Gasteiger partial charge in [-0.1, -0.05) is 22.0 Å². The van der Waals surface area contributed by atoms with Crippen molar-refractivity contribution in [3.63, 3.8) is 0 Å². The van der Waals surface area contributed by atoms with Crippen LogP contribution in [0.15, 0.2) is 28.7 Å². The summed E-state index contributed by atoms with van der Waals surface area (Å²) in [5, 5.41) is 11.5. The third kappa shape index (κ3) is 4.23. The molecule has 5 nitrogen and oxygen atoms in total. The van der Waals surface area contributed by atoms with Crippen molar-refractivity contribution in [2.45, 2.75) is 19.3 Å². The first-order valence-electron chi connectivity index (χ1n) is 6.58. The van der Waals surface area contributed by atoms with E-state index in [1.807, 2.05) is 24.3 Å². The van der Waals surface area contributed by atoms with E-state index in [0.717, 1.165) is 16.6 Å². The first kappa shape index (κ1) is 14.8. The molecule has 108 valence electrons. The third-order valence-corrected chi connectivity index (χ3v) is 3.91. The molecule has 0 spiro atoms. The fourth-order valence-corrected chi connectivity index (χ4v) is 2.75. The van der Waals surface area contributed by atoms with Crippen molar-refractivity contribution < 1.29 is 14.7 Å². The number of benzene rings is 1. The zero-order valence-electron chi connectivity index (χ0n) is 11.0. The molecule has 1 atom stereocenters. The summed E-state index contributed by atoms with van der Waals surface area (Å²) in [7, 11) is 0. The number of aliphatic carboxylic acids is 1. The lowest BCUT2D eigenvalue weighted by atomic mass is 10.0. The van der Waals surface area contributed by atoms with Gasteiger partial charge in [0.15, 0.2) is 0 Å². The minimum Gasteiger partial charge on any atom is -0.481 e. The van der Waals surface area contributed by atoms with Crippen LogP contribution < -0.4 is 5.32 Å². The van der Waals surface area contributed by atoms with Crippen molar-refractivity contribution in [1.29, 1.82) is 0 Å². The molecule has 1 saturated heterocycles. The zero-order valence-corrected chi connectivity index (χ0v) is 12.6. The summed E-state index contributed by atoms with van der Waals surface area (Å²) in [6, 6.07) is 7.31. The Balaban J connectivity index is 1.83. The Kier molecular flexibility index (Phi) is 5.00. The van der Waals surface area contributed by atoms with Crippen LogP contribution in [0.25, 0.3) is 0 Å². The highest BCUT2D eigenvalue weighted by molar-refractivity contribution is 9.10. The number of nitrogens with one attached hydrogen (secondary N) is 1. The van der Waals surface area contributed by atoms with Crippen molar-refractivity contribution >= 4 is 33.6 Å². The Morgan fingerprint density at radius 2 is 2.25 bits per heavy atom. The van der Waals surface area contributed by atoms with Gasteiger partial charge in [-0.2, -0.15) is 0 Å². The fourth-order valence-electron chi connectivity index (χ4n) is 2.35. The molecule has 2 N–H and O–H groups in total. The van der Waals surface area contributed by atoms with Gasteiger partial charge in [-0.3, -0.25) is 4.79 Å². The molecule has 0 bridgehead atoms. The smallest absolute Gasteiger partial charge is 0.321 e. The second-order valence-electron chi connectivity index (χ2n) is 4.97. The molecule has 1 aliphatic heterocycles. The molecular weight excluding hydrogens is 324 g/mol. The van der Waals surface area contributed by atoms with Crippen LogP contribution in [0.3, 0.4) is 0 Å². The summed E-state index contributed by atoms with van der Waals surface area (Å²) in [5.41, 5.74) is 0.748. The van der Waals surface area contributed by atoms with Gasteiger partial charge in [0, 0.05) is 29.7 Å². The largest absolute Gasteiger partial charge is 0.481 e. The molecule has 0 aromatic heterocycles. The van der Waals surface area contributed by atoms with Gasteiger partial charge in [-0.15, -0.1) is 0 Å². The molecule has 2 amide bonds. The average Bonchev–Trinajstić information content (AvgIpc) is 2.85. The van der Waals surface area contributed by atoms with Gasteiger partial charge >= 0.3 is 12.0 Å². The molecular formula is C14H17BrN2O3. The maximum absolute atomic E-state index is 12.1. The van der Waals surface area contributed by atoms with Crippen LogP contribution in [0.1, 0.15) is 19.3 Å². The van der Waals surface area contributed by atoms with E-state index >= 15 is 0 Å². The van der Waals surface area contributed by atoms with Crippen LogP contribution in [0.2, 0.25) is 0 Å². The van der Waals surface area contributed by atoms with E-state index in [-0.39, 0.29) is 12.5 Å². The Bertz CT molecular complexity index is 507. The minimum absolute atomic E-state index is 0.124. The SMILES string of the molecule is O=C(O)CCC1CCN(C(=O)Nc2cccc(Br)c2)C1. The van der Waals surface area contributed by atoms with Gasteiger partial charge in [-0.05, 0) is 37.0 Å². The molecule has 1 aromatic carbocycles. The molecule has 0 saturated carbocycles. The van der Waals surface area contributed by atoms with Crippen molar-refractivity contribution in [2.75, 3.05) is 18.4 Å². The van der Waals surface area contributed by atoms with E-state index in [4.69, 9.17) is 5.11 Å². The van der Waals surface area contributed by atoms with Gasteiger partial charge in [0.2, 0.25) is 0 Å². The fraction of sp³-hybridized carbons (Fsp3) is 0.429. The van der Waals surface area contributed by atoms with Gasteiger partial charge < -0.3 is 15.3 Å². The third-order valence-electron chi connectivity index (χ3n) is 3.42. The van der Waals surface area contributed by atoms with Crippen molar-refractivity contribution in [1.82, 2.24) is 4.90 Å². The highest BCUT2D eigenvalue weighted by atomic mass is 79.9. The maximum atomic E-state index is 12.1. The van der Waals surface area contributed by atoms with Crippen molar-refractivity contribution in [3.05, 3.63) is 28.7 Å². The normalized spacial score (nSPS) is 18.1. The Morgan fingerprint density at radius 1 is 1.45 bits per heavy atom. The molecule has 20 heavy (non-hydrogen) atoms. The number of carboxylic acids is 1. The number of nitrogens with zero attached hydrogens (tertiary/aromatic N) is 1. The topological polar surface area (TPSA) is 69.6 Å². The highest BCUT2D eigenvalue weighted by Gasteiger charge is 2.26.